The Balaban J connectivity index is 2.11. The quantitative estimate of drug-likeness (QED) is 0.872. The molecule has 3 nitrogen and oxygen atoms in total. The lowest BCUT2D eigenvalue weighted by molar-refractivity contribution is 0.603. The molecule has 2 aromatic rings. The van der Waals surface area contributed by atoms with Crippen molar-refractivity contribution in [3.8, 4) is 0 Å². The molecule has 0 fully saturated rings. The van der Waals surface area contributed by atoms with Crippen molar-refractivity contribution in [2.75, 3.05) is 12.4 Å². The first kappa shape index (κ1) is 13.7. The number of rotatable bonds is 4. The maximum atomic E-state index is 13.6. The van der Waals surface area contributed by atoms with Crippen molar-refractivity contribution in [1.82, 2.24) is 9.97 Å². The first-order chi connectivity index (χ1) is 9.10. The molecule has 0 unspecified atom stereocenters. The van der Waals surface area contributed by atoms with E-state index in [1.807, 2.05) is 0 Å². The second kappa shape index (κ2) is 5.97. The highest BCUT2D eigenvalue weighted by Gasteiger charge is 2.10. The van der Waals surface area contributed by atoms with Gasteiger partial charge in [0.1, 0.15) is 11.6 Å². The summed E-state index contributed by atoms with van der Waals surface area (Å²) in [6, 6.07) is 6.18. The molecule has 19 heavy (non-hydrogen) atoms. The fourth-order valence-corrected chi connectivity index (χ4v) is 2.28. The number of thioether (sulfide) groups is 1. The SMILES string of the molecule is CNc1nc(CSc2ccc(F)cc2)nc(C)c1F. The Morgan fingerprint density at radius 2 is 1.84 bits per heavy atom. The predicted octanol–water partition coefficient (Wildman–Crippen LogP) is 3.40. The molecule has 0 saturated carbocycles. The fourth-order valence-electron chi connectivity index (χ4n) is 1.53. The molecule has 100 valence electrons. The second-order valence-electron chi connectivity index (χ2n) is 3.88. The van der Waals surface area contributed by atoms with Gasteiger partial charge in [-0.2, -0.15) is 0 Å². The summed E-state index contributed by atoms with van der Waals surface area (Å²) in [5.74, 6) is 0.537. The van der Waals surface area contributed by atoms with Crippen LogP contribution in [-0.4, -0.2) is 17.0 Å². The molecule has 0 aliphatic rings. The molecule has 0 atom stereocenters. The van der Waals surface area contributed by atoms with E-state index >= 15 is 0 Å². The van der Waals surface area contributed by atoms with Gasteiger partial charge < -0.3 is 5.32 Å². The minimum Gasteiger partial charge on any atom is -0.371 e. The zero-order chi connectivity index (χ0) is 13.8. The molecule has 1 aromatic heterocycles. The van der Waals surface area contributed by atoms with Crippen molar-refractivity contribution in [3.63, 3.8) is 0 Å². The van der Waals surface area contributed by atoms with Crippen molar-refractivity contribution in [2.45, 2.75) is 17.6 Å². The van der Waals surface area contributed by atoms with E-state index in [1.165, 1.54) is 23.9 Å². The van der Waals surface area contributed by atoms with Crippen LogP contribution in [0.2, 0.25) is 0 Å². The van der Waals surface area contributed by atoms with Crippen LogP contribution in [0.4, 0.5) is 14.6 Å². The predicted molar refractivity (Wildman–Crippen MR) is 72.2 cm³/mol. The smallest absolute Gasteiger partial charge is 0.186 e. The number of anilines is 1. The van der Waals surface area contributed by atoms with Crippen LogP contribution in [0, 0.1) is 18.6 Å². The highest BCUT2D eigenvalue weighted by molar-refractivity contribution is 7.98. The molecule has 0 aliphatic carbocycles. The van der Waals surface area contributed by atoms with E-state index in [0.29, 0.717) is 17.3 Å². The molecule has 0 spiro atoms. The van der Waals surface area contributed by atoms with Gasteiger partial charge in [0, 0.05) is 11.9 Å². The summed E-state index contributed by atoms with van der Waals surface area (Å²) in [5.41, 5.74) is 0.314. The van der Waals surface area contributed by atoms with Crippen LogP contribution in [0.15, 0.2) is 29.2 Å². The Morgan fingerprint density at radius 1 is 1.16 bits per heavy atom. The minimum absolute atomic E-state index is 0.196. The summed E-state index contributed by atoms with van der Waals surface area (Å²) in [6.07, 6.45) is 0. The number of nitrogens with zero attached hydrogens (tertiary/aromatic N) is 2. The van der Waals surface area contributed by atoms with E-state index in [9.17, 15) is 8.78 Å². The number of benzene rings is 1. The van der Waals surface area contributed by atoms with Crippen molar-refractivity contribution in [2.24, 2.45) is 0 Å². The Bertz CT molecular complexity index is 573. The summed E-state index contributed by atoms with van der Waals surface area (Å²) in [5, 5.41) is 2.70. The third kappa shape index (κ3) is 3.41. The number of hydrogen-bond acceptors (Lipinski definition) is 4. The molecular weight excluding hydrogens is 268 g/mol. The van der Waals surface area contributed by atoms with Gasteiger partial charge in [-0.1, -0.05) is 0 Å². The Hall–Kier alpha value is -1.69. The molecule has 0 bridgehead atoms. The first-order valence-electron chi connectivity index (χ1n) is 5.69. The molecule has 0 saturated heterocycles. The third-order valence-electron chi connectivity index (χ3n) is 2.48. The van der Waals surface area contributed by atoms with Crippen LogP contribution in [-0.2, 0) is 5.75 Å². The molecule has 2 rings (SSSR count). The Labute approximate surface area is 114 Å². The van der Waals surface area contributed by atoms with Gasteiger partial charge in [-0.15, -0.1) is 11.8 Å². The van der Waals surface area contributed by atoms with Crippen LogP contribution < -0.4 is 5.32 Å². The molecular formula is C13H13F2N3S. The van der Waals surface area contributed by atoms with E-state index in [4.69, 9.17) is 0 Å². The maximum absolute atomic E-state index is 13.6. The summed E-state index contributed by atoms with van der Waals surface area (Å²) in [6.45, 7) is 1.60. The lowest BCUT2D eigenvalue weighted by Gasteiger charge is -2.07. The summed E-state index contributed by atoms with van der Waals surface area (Å²) < 4.78 is 26.3. The number of halogens is 2. The summed E-state index contributed by atoms with van der Waals surface area (Å²) >= 11 is 1.47. The van der Waals surface area contributed by atoms with Crippen molar-refractivity contribution in [3.05, 3.63) is 47.4 Å². The largest absolute Gasteiger partial charge is 0.371 e. The van der Waals surface area contributed by atoms with Gasteiger partial charge in [-0.25, -0.2) is 18.7 Å². The van der Waals surface area contributed by atoms with Crippen LogP contribution >= 0.6 is 11.8 Å². The van der Waals surface area contributed by atoms with Gasteiger partial charge in [-0.05, 0) is 31.2 Å². The zero-order valence-electron chi connectivity index (χ0n) is 10.6. The fraction of sp³-hybridized carbons (Fsp3) is 0.231. The third-order valence-corrected chi connectivity index (χ3v) is 3.49. The number of aryl methyl sites for hydroxylation is 1. The molecule has 1 aromatic carbocycles. The normalized spacial score (nSPS) is 10.5. The van der Waals surface area contributed by atoms with Gasteiger partial charge in [0.2, 0.25) is 0 Å². The zero-order valence-corrected chi connectivity index (χ0v) is 11.4. The van der Waals surface area contributed by atoms with E-state index in [0.717, 1.165) is 4.90 Å². The van der Waals surface area contributed by atoms with Gasteiger partial charge >= 0.3 is 0 Å². The van der Waals surface area contributed by atoms with E-state index < -0.39 is 5.82 Å². The van der Waals surface area contributed by atoms with Crippen molar-refractivity contribution >= 4 is 17.6 Å². The average Bonchev–Trinajstić information content (AvgIpc) is 2.41. The number of nitrogens with one attached hydrogen (secondary N) is 1. The van der Waals surface area contributed by atoms with Gasteiger partial charge in [0.25, 0.3) is 0 Å². The standard InChI is InChI=1S/C13H13F2N3S/c1-8-12(15)13(16-2)18-11(17-8)7-19-10-5-3-9(14)4-6-10/h3-6H,7H2,1-2H3,(H,16,17,18). The maximum Gasteiger partial charge on any atom is 0.186 e. The molecule has 6 heteroatoms. The minimum atomic E-state index is -0.432. The van der Waals surface area contributed by atoms with Crippen molar-refractivity contribution < 1.29 is 8.78 Å². The van der Waals surface area contributed by atoms with Crippen LogP contribution in [0.3, 0.4) is 0 Å². The van der Waals surface area contributed by atoms with Crippen molar-refractivity contribution in [1.29, 1.82) is 0 Å². The summed E-state index contributed by atoms with van der Waals surface area (Å²) in [7, 11) is 1.61. The number of hydrogen-bond donors (Lipinski definition) is 1. The van der Waals surface area contributed by atoms with Crippen LogP contribution in [0.5, 0.6) is 0 Å². The lowest BCUT2D eigenvalue weighted by Crippen LogP contribution is -2.05. The van der Waals surface area contributed by atoms with E-state index in [-0.39, 0.29) is 11.6 Å². The molecule has 1 heterocycles. The van der Waals surface area contributed by atoms with Gasteiger partial charge in [-0.3, -0.25) is 0 Å². The highest BCUT2D eigenvalue weighted by Crippen LogP contribution is 2.23. The topological polar surface area (TPSA) is 37.8 Å². The number of aromatic nitrogens is 2. The van der Waals surface area contributed by atoms with Crippen LogP contribution in [0.1, 0.15) is 11.5 Å². The lowest BCUT2D eigenvalue weighted by atomic mass is 10.4. The Morgan fingerprint density at radius 3 is 2.47 bits per heavy atom. The van der Waals surface area contributed by atoms with Crippen LogP contribution in [0.25, 0.3) is 0 Å². The monoisotopic (exact) mass is 281 g/mol. The molecule has 0 amide bonds. The Kier molecular flexibility index (Phi) is 4.31. The molecule has 1 N–H and O–H groups in total. The highest BCUT2D eigenvalue weighted by atomic mass is 32.2. The molecule has 0 aliphatic heterocycles. The average molecular weight is 281 g/mol. The van der Waals surface area contributed by atoms with E-state index in [2.05, 4.69) is 15.3 Å². The van der Waals surface area contributed by atoms with E-state index in [1.54, 1.807) is 26.1 Å². The van der Waals surface area contributed by atoms with Gasteiger partial charge in [0.05, 0.1) is 11.4 Å². The summed E-state index contributed by atoms with van der Waals surface area (Å²) in [4.78, 5) is 9.10. The first-order valence-corrected chi connectivity index (χ1v) is 6.68. The van der Waals surface area contributed by atoms with Gasteiger partial charge in [0.15, 0.2) is 11.6 Å². The molecule has 0 radical (unpaired) electrons. The second-order valence-corrected chi connectivity index (χ2v) is 4.93.